The Labute approximate surface area is 111 Å². The summed E-state index contributed by atoms with van der Waals surface area (Å²) in [5, 5.41) is 0. The molecule has 0 saturated heterocycles. The fourth-order valence-corrected chi connectivity index (χ4v) is 2.05. The molecule has 0 aliphatic heterocycles. The highest BCUT2D eigenvalue weighted by Crippen LogP contribution is 2.27. The van der Waals surface area contributed by atoms with Crippen molar-refractivity contribution in [2.24, 2.45) is 0 Å². The molecule has 1 aromatic heterocycles. The van der Waals surface area contributed by atoms with Crippen molar-refractivity contribution in [3.63, 3.8) is 0 Å². The van der Waals surface area contributed by atoms with Crippen LogP contribution in [0.4, 0.5) is 0 Å². The molecule has 1 aromatic rings. The molecule has 3 heteroatoms. The van der Waals surface area contributed by atoms with Gasteiger partial charge in [0.1, 0.15) is 0 Å². The molecule has 1 atom stereocenters. The number of ether oxygens (including phenoxy) is 1. The highest BCUT2D eigenvalue weighted by atomic mass is 16.5. The van der Waals surface area contributed by atoms with E-state index in [0.717, 1.165) is 17.9 Å². The van der Waals surface area contributed by atoms with Gasteiger partial charge in [0.2, 0.25) is 0 Å². The summed E-state index contributed by atoms with van der Waals surface area (Å²) in [5.74, 6) is 0.470. The first kappa shape index (κ1) is 15.1. The van der Waals surface area contributed by atoms with Crippen molar-refractivity contribution in [3.8, 4) is 0 Å². The summed E-state index contributed by atoms with van der Waals surface area (Å²) < 4.78 is 5.45. The van der Waals surface area contributed by atoms with Crippen molar-refractivity contribution < 1.29 is 4.74 Å². The zero-order valence-corrected chi connectivity index (χ0v) is 12.7. The number of methoxy groups -OCH3 is 1. The van der Waals surface area contributed by atoms with Gasteiger partial charge in [-0.1, -0.05) is 19.9 Å². The van der Waals surface area contributed by atoms with Crippen molar-refractivity contribution >= 4 is 0 Å². The molecule has 1 unspecified atom stereocenters. The number of rotatable bonds is 5. The van der Waals surface area contributed by atoms with E-state index in [0.29, 0.717) is 5.92 Å². The zero-order valence-electron chi connectivity index (χ0n) is 12.7. The molecule has 0 amide bonds. The zero-order chi connectivity index (χ0) is 13.9. The molecular weight excluding hydrogens is 224 g/mol. The van der Waals surface area contributed by atoms with E-state index in [-0.39, 0.29) is 6.10 Å². The van der Waals surface area contributed by atoms with E-state index in [1.54, 1.807) is 7.11 Å². The average Bonchev–Trinajstić information content (AvgIpc) is 2.29. The summed E-state index contributed by atoms with van der Waals surface area (Å²) in [6, 6.07) is 2.27. The summed E-state index contributed by atoms with van der Waals surface area (Å²) in [6.45, 7) is 9.47. The van der Waals surface area contributed by atoms with Gasteiger partial charge in [-0.3, -0.25) is 4.98 Å². The van der Waals surface area contributed by atoms with Gasteiger partial charge in [-0.05, 0) is 45.0 Å². The normalized spacial score (nSPS) is 13.4. The van der Waals surface area contributed by atoms with Crippen LogP contribution in [0.15, 0.2) is 6.07 Å². The molecule has 3 nitrogen and oxygen atoms in total. The van der Waals surface area contributed by atoms with Crippen LogP contribution in [-0.4, -0.2) is 31.1 Å². The molecule has 0 aliphatic carbocycles. The van der Waals surface area contributed by atoms with E-state index >= 15 is 0 Å². The first-order valence-electron chi connectivity index (χ1n) is 6.54. The van der Waals surface area contributed by atoms with Crippen LogP contribution in [0, 0.1) is 6.92 Å². The summed E-state index contributed by atoms with van der Waals surface area (Å²) in [7, 11) is 5.87. The van der Waals surface area contributed by atoms with E-state index in [2.05, 4.69) is 52.8 Å². The molecule has 1 rings (SSSR count). The Balaban J connectivity index is 3.26. The maximum atomic E-state index is 5.45. The lowest BCUT2D eigenvalue weighted by atomic mass is 9.96. The molecule has 18 heavy (non-hydrogen) atoms. The Morgan fingerprint density at radius 1 is 1.28 bits per heavy atom. The number of pyridine rings is 1. The maximum absolute atomic E-state index is 5.45. The third-order valence-electron chi connectivity index (χ3n) is 3.21. The minimum absolute atomic E-state index is 0.0453. The van der Waals surface area contributed by atoms with Gasteiger partial charge in [-0.15, -0.1) is 0 Å². The van der Waals surface area contributed by atoms with Gasteiger partial charge in [0.25, 0.3) is 0 Å². The van der Waals surface area contributed by atoms with Crippen LogP contribution < -0.4 is 0 Å². The fraction of sp³-hybridized carbons (Fsp3) is 0.667. The van der Waals surface area contributed by atoms with Crippen LogP contribution in [0.25, 0.3) is 0 Å². The second kappa shape index (κ2) is 6.30. The Morgan fingerprint density at radius 3 is 2.33 bits per heavy atom. The molecule has 102 valence electrons. The summed E-state index contributed by atoms with van der Waals surface area (Å²) >= 11 is 0. The third-order valence-corrected chi connectivity index (χ3v) is 3.21. The Hall–Kier alpha value is -0.930. The minimum Gasteiger partial charge on any atom is -0.375 e. The van der Waals surface area contributed by atoms with E-state index in [9.17, 15) is 0 Å². The minimum atomic E-state index is 0.0453. The van der Waals surface area contributed by atoms with E-state index in [1.807, 2.05) is 0 Å². The van der Waals surface area contributed by atoms with Crippen LogP contribution in [0.2, 0.25) is 0 Å². The maximum Gasteiger partial charge on any atom is 0.0965 e. The van der Waals surface area contributed by atoms with E-state index in [4.69, 9.17) is 9.72 Å². The topological polar surface area (TPSA) is 25.4 Å². The number of aryl methyl sites for hydroxylation is 1. The molecule has 0 bridgehead atoms. The number of hydrogen-bond acceptors (Lipinski definition) is 3. The largest absolute Gasteiger partial charge is 0.375 e. The van der Waals surface area contributed by atoms with E-state index in [1.165, 1.54) is 11.1 Å². The van der Waals surface area contributed by atoms with Crippen molar-refractivity contribution in [2.75, 3.05) is 21.2 Å². The van der Waals surface area contributed by atoms with Crippen molar-refractivity contribution in [3.05, 3.63) is 28.6 Å². The Kier molecular flexibility index (Phi) is 5.29. The van der Waals surface area contributed by atoms with Crippen LogP contribution in [0.1, 0.15) is 55.3 Å². The van der Waals surface area contributed by atoms with Gasteiger partial charge < -0.3 is 9.64 Å². The van der Waals surface area contributed by atoms with Crippen LogP contribution in [0.5, 0.6) is 0 Å². The highest BCUT2D eigenvalue weighted by molar-refractivity contribution is 5.33. The van der Waals surface area contributed by atoms with Gasteiger partial charge >= 0.3 is 0 Å². The predicted octanol–water partition coefficient (Wildman–Crippen LogP) is 3.28. The summed E-state index contributed by atoms with van der Waals surface area (Å²) in [5.41, 5.74) is 4.78. The molecule has 0 aromatic carbocycles. The van der Waals surface area contributed by atoms with Crippen LogP contribution >= 0.6 is 0 Å². The standard InChI is InChI=1S/C15H26N2O/c1-10(2)13-8-11(3)14(9-17(5)6)16-15(13)12(4)18-7/h8,10,12H,9H2,1-7H3. The molecule has 0 radical (unpaired) electrons. The average molecular weight is 250 g/mol. The predicted molar refractivity (Wildman–Crippen MR) is 75.9 cm³/mol. The number of hydrogen-bond donors (Lipinski definition) is 0. The summed E-state index contributed by atoms with van der Waals surface area (Å²) in [4.78, 5) is 6.98. The molecule has 0 N–H and O–H groups in total. The quantitative estimate of drug-likeness (QED) is 0.802. The van der Waals surface area contributed by atoms with Gasteiger partial charge in [-0.2, -0.15) is 0 Å². The second-order valence-corrected chi connectivity index (χ2v) is 5.50. The smallest absolute Gasteiger partial charge is 0.0965 e. The lowest BCUT2D eigenvalue weighted by Crippen LogP contribution is -2.16. The first-order chi connectivity index (χ1) is 8.36. The summed E-state index contributed by atoms with van der Waals surface area (Å²) in [6.07, 6.45) is 0.0453. The number of aromatic nitrogens is 1. The number of nitrogens with zero attached hydrogens (tertiary/aromatic N) is 2. The molecule has 1 heterocycles. The molecule has 0 aliphatic rings. The van der Waals surface area contributed by atoms with Gasteiger partial charge in [0.05, 0.1) is 17.5 Å². The fourth-order valence-electron chi connectivity index (χ4n) is 2.05. The van der Waals surface area contributed by atoms with Crippen molar-refractivity contribution in [2.45, 2.75) is 46.3 Å². The van der Waals surface area contributed by atoms with Crippen LogP contribution in [-0.2, 0) is 11.3 Å². The van der Waals surface area contributed by atoms with E-state index < -0.39 is 0 Å². The van der Waals surface area contributed by atoms with Gasteiger partial charge in [0, 0.05) is 13.7 Å². The molecule has 0 spiro atoms. The lowest BCUT2D eigenvalue weighted by molar-refractivity contribution is 0.114. The van der Waals surface area contributed by atoms with Crippen molar-refractivity contribution in [1.29, 1.82) is 0 Å². The monoisotopic (exact) mass is 250 g/mol. The van der Waals surface area contributed by atoms with Crippen molar-refractivity contribution in [1.82, 2.24) is 9.88 Å². The van der Waals surface area contributed by atoms with Gasteiger partial charge in [-0.25, -0.2) is 0 Å². The first-order valence-corrected chi connectivity index (χ1v) is 6.54. The molecule has 0 saturated carbocycles. The van der Waals surface area contributed by atoms with Crippen LogP contribution in [0.3, 0.4) is 0 Å². The lowest BCUT2D eigenvalue weighted by Gasteiger charge is -2.21. The highest BCUT2D eigenvalue weighted by Gasteiger charge is 2.17. The Bertz CT molecular complexity index is 400. The Morgan fingerprint density at radius 2 is 1.89 bits per heavy atom. The second-order valence-electron chi connectivity index (χ2n) is 5.50. The SMILES string of the molecule is COC(C)c1nc(CN(C)C)c(C)cc1C(C)C. The molecular formula is C15H26N2O. The van der Waals surface area contributed by atoms with Gasteiger partial charge in [0.15, 0.2) is 0 Å². The third kappa shape index (κ3) is 3.53. The molecule has 0 fully saturated rings.